The molecule has 100 valence electrons. The highest BCUT2D eigenvalue weighted by atomic mass is 16.3. The van der Waals surface area contributed by atoms with E-state index in [1.165, 1.54) is 24.0 Å². The van der Waals surface area contributed by atoms with Gasteiger partial charge < -0.3 is 10.4 Å². The molecular formula is C16H25NO. The minimum Gasteiger partial charge on any atom is -0.394 e. The Kier molecular flexibility index (Phi) is 4.41. The predicted molar refractivity (Wildman–Crippen MR) is 75.6 cm³/mol. The van der Waals surface area contributed by atoms with Crippen molar-refractivity contribution in [2.24, 2.45) is 5.92 Å². The van der Waals surface area contributed by atoms with Crippen molar-refractivity contribution in [1.29, 1.82) is 0 Å². The summed E-state index contributed by atoms with van der Waals surface area (Å²) in [6.45, 7) is 5.56. The number of hydrogen-bond acceptors (Lipinski definition) is 2. The molecule has 0 heterocycles. The van der Waals surface area contributed by atoms with Crippen LogP contribution in [-0.4, -0.2) is 18.3 Å². The third-order valence-electron chi connectivity index (χ3n) is 3.95. The zero-order valence-corrected chi connectivity index (χ0v) is 11.6. The van der Waals surface area contributed by atoms with E-state index in [0.29, 0.717) is 5.92 Å². The number of fused-ring (bicyclic) bond motifs is 1. The van der Waals surface area contributed by atoms with Gasteiger partial charge in [-0.3, -0.25) is 0 Å². The van der Waals surface area contributed by atoms with Crippen molar-refractivity contribution in [2.75, 3.05) is 13.2 Å². The van der Waals surface area contributed by atoms with Crippen LogP contribution in [0.15, 0.2) is 24.3 Å². The molecule has 2 rings (SSSR count). The first-order valence-electron chi connectivity index (χ1n) is 7.12. The number of benzene rings is 1. The Morgan fingerprint density at radius 2 is 2.06 bits per heavy atom. The molecule has 1 aromatic carbocycles. The van der Waals surface area contributed by atoms with E-state index in [1.54, 1.807) is 0 Å². The Balaban J connectivity index is 2.33. The monoisotopic (exact) mass is 247 g/mol. The van der Waals surface area contributed by atoms with Gasteiger partial charge in [-0.25, -0.2) is 0 Å². The van der Waals surface area contributed by atoms with Crippen LogP contribution < -0.4 is 5.32 Å². The van der Waals surface area contributed by atoms with Gasteiger partial charge in [-0.1, -0.05) is 44.5 Å². The van der Waals surface area contributed by atoms with E-state index in [4.69, 9.17) is 0 Å². The molecule has 1 aliphatic carbocycles. The van der Waals surface area contributed by atoms with Crippen LogP contribution in [-0.2, 0) is 12.0 Å². The first-order valence-corrected chi connectivity index (χ1v) is 7.12. The highest BCUT2D eigenvalue weighted by molar-refractivity contribution is 5.35. The lowest BCUT2D eigenvalue weighted by atomic mass is 9.84. The van der Waals surface area contributed by atoms with Gasteiger partial charge in [0, 0.05) is 0 Å². The molecule has 0 saturated carbocycles. The largest absolute Gasteiger partial charge is 0.394 e. The maximum atomic E-state index is 9.96. The highest BCUT2D eigenvalue weighted by Crippen LogP contribution is 2.34. The molecule has 1 atom stereocenters. The van der Waals surface area contributed by atoms with Gasteiger partial charge in [0.15, 0.2) is 0 Å². The number of hydrogen-bond donors (Lipinski definition) is 2. The summed E-state index contributed by atoms with van der Waals surface area (Å²) in [4.78, 5) is 0. The Morgan fingerprint density at radius 1 is 1.28 bits per heavy atom. The van der Waals surface area contributed by atoms with Crippen molar-refractivity contribution < 1.29 is 5.11 Å². The van der Waals surface area contributed by atoms with Crippen molar-refractivity contribution in [3.63, 3.8) is 0 Å². The second-order valence-corrected chi connectivity index (χ2v) is 5.88. The highest BCUT2D eigenvalue weighted by Gasteiger charge is 2.34. The molecule has 0 bridgehead atoms. The van der Waals surface area contributed by atoms with Crippen molar-refractivity contribution in [1.82, 2.24) is 5.32 Å². The number of aliphatic hydroxyl groups excluding tert-OH is 1. The number of aliphatic hydroxyl groups is 1. The Hall–Kier alpha value is -0.860. The standard InChI is InChI=1S/C16H25NO/c1-13(2)11-17-16(12-18)10-6-5-8-14-7-3-4-9-15(14)16/h3-4,7,9,13,17-18H,5-6,8,10-12H2,1-2H3. The molecule has 0 amide bonds. The SMILES string of the molecule is CC(C)CNC1(CO)CCCCc2ccccc21. The topological polar surface area (TPSA) is 32.3 Å². The summed E-state index contributed by atoms with van der Waals surface area (Å²) >= 11 is 0. The third-order valence-corrected chi connectivity index (χ3v) is 3.95. The fraction of sp³-hybridized carbons (Fsp3) is 0.625. The Morgan fingerprint density at radius 3 is 2.78 bits per heavy atom. The van der Waals surface area contributed by atoms with Crippen molar-refractivity contribution >= 4 is 0 Å². The number of aryl methyl sites for hydroxylation is 1. The van der Waals surface area contributed by atoms with E-state index >= 15 is 0 Å². The zero-order valence-electron chi connectivity index (χ0n) is 11.6. The molecule has 1 aliphatic rings. The van der Waals surface area contributed by atoms with E-state index in [1.807, 2.05) is 0 Å². The van der Waals surface area contributed by atoms with Crippen LogP contribution in [0.4, 0.5) is 0 Å². The van der Waals surface area contributed by atoms with Gasteiger partial charge >= 0.3 is 0 Å². The summed E-state index contributed by atoms with van der Waals surface area (Å²) in [6.07, 6.45) is 4.58. The fourth-order valence-corrected chi connectivity index (χ4v) is 2.89. The second-order valence-electron chi connectivity index (χ2n) is 5.88. The van der Waals surface area contributed by atoms with Gasteiger partial charge in [0.05, 0.1) is 12.1 Å². The van der Waals surface area contributed by atoms with Crippen LogP contribution in [0.5, 0.6) is 0 Å². The summed E-state index contributed by atoms with van der Waals surface area (Å²) in [5, 5.41) is 13.6. The molecule has 1 unspecified atom stereocenters. The van der Waals surface area contributed by atoms with Gasteiger partial charge in [-0.15, -0.1) is 0 Å². The van der Waals surface area contributed by atoms with Gasteiger partial charge in [-0.2, -0.15) is 0 Å². The van der Waals surface area contributed by atoms with Crippen LogP contribution >= 0.6 is 0 Å². The lowest BCUT2D eigenvalue weighted by Crippen LogP contribution is -2.47. The molecule has 1 aromatic rings. The molecule has 2 N–H and O–H groups in total. The molecule has 0 saturated heterocycles. The predicted octanol–water partition coefficient (Wildman–Crippen LogP) is 2.85. The maximum absolute atomic E-state index is 9.96. The third kappa shape index (κ3) is 2.76. The van der Waals surface area contributed by atoms with Gasteiger partial charge in [0.1, 0.15) is 0 Å². The molecule has 0 radical (unpaired) electrons. The number of rotatable bonds is 4. The summed E-state index contributed by atoms with van der Waals surface area (Å²) in [5.74, 6) is 0.601. The van der Waals surface area contributed by atoms with Crippen LogP contribution in [0, 0.1) is 5.92 Å². The van der Waals surface area contributed by atoms with Crippen molar-refractivity contribution in [3.05, 3.63) is 35.4 Å². The number of nitrogens with one attached hydrogen (secondary N) is 1. The van der Waals surface area contributed by atoms with Crippen LogP contribution in [0.1, 0.15) is 44.2 Å². The van der Waals surface area contributed by atoms with E-state index in [9.17, 15) is 5.11 Å². The molecule has 0 aliphatic heterocycles. The van der Waals surface area contributed by atoms with E-state index in [-0.39, 0.29) is 12.1 Å². The van der Waals surface area contributed by atoms with E-state index < -0.39 is 0 Å². The molecule has 2 nitrogen and oxygen atoms in total. The zero-order chi connectivity index (χ0) is 13.0. The molecule has 18 heavy (non-hydrogen) atoms. The average molecular weight is 247 g/mol. The van der Waals surface area contributed by atoms with Crippen LogP contribution in [0.3, 0.4) is 0 Å². The second kappa shape index (κ2) is 5.85. The van der Waals surface area contributed by atoms with Crippen LogP contribution in [0.2, 0.25) is 0 Å². The molecule has 0 fully saturated rings. The summed E-state index contributed by atoms with van der Waals surface area (Å²) in [6, 6.07) is 8.59. The first kappa shape index (κ1) is 13.6. The minimum absolute atomic E-state index is 0.191. The van der Waals surface area contributed by atoms with E-state index in [0.717, 1.165) is 19.4 Å². The fourth-order valence-electron chi connectivity index (χ4n) is 2.89. The van der Waals surface area contributed by atoms with Gasteiger partial charge in [0.2, 0.25) is 0 Å². The normalized spacial score (nSPS) is 23.8. The van der Waals surface area contributed by atoms with Gasteiger partial charge in [-0.05, 0) is 42.9 Å². The Labute approximate surface area is 110 Å². The lowest BCUT2D eigenvalue weighted by Gasteiger charge is -2.35. The summed E-state index contributed by atoms with van der Waals surface area (Å²) < 4.78 is 0. The quantitative estimate of drug-likeness (QED) is 0.802. The van der Waals surface area contributed by atoms with Crippen LogP contribution in [0.25, 0.3) is 0 Å². The molecule has 0 spiro atoms. The molecular weight excluding hydrogens is 222 g/mol. The van der Waals surface area contributed by atoms with Crippen molar-refractivity contribution in [2.45, 2.75) is 45.1 Å². The Bertz CT molecular complexity index is 388. The maximum Gasteiger partial charge on any atom is 0.0671 e. The average Bonchev–Trinajstić information content (AvgIpc) is 2.57. The van der Waals surface area contributed by atoms with E-state index in [2.05, 4.69) is 43.4 Å². The van der Waals surface area contributed by atoms with Crippen molar-refractivity contribution in [3.8, 4) is 0 Å². The van der Waals surface area contributed by atoms with Gasteiger partial charge in [0.25, 0.3) is 0 Å². The lowest BCUT2D eigenvalue weighted by molar-refractivity contribution is 0.146. The summed E-state index contributed by atoms with van der Waals surface area (Å²) in [7, 11) is 0. The smallest absolute Gasteiger partial charge is 0.0671 e. The molecule has 2 heteroatoms. The minimum atomic E-state index is -0.225. The first-order chi connectivity index (χ1) is 8.68. The molecule has 0 aromatic heterocycles. The summed E-state index contributed by atoms with van der Waals surface area (Å²) in [5.41, 5.74) is 2.49.